The Hall–Kier alpha value is -3.40. The molecule has 212 valence electrons. The standard InChI is InChI=1S/C29H42N6O4/c1-21(2)19-25(37)31-12-8-16-34-27(28(38)32-17-13-30-14-18-32)26(23-9-5-4-6-10-23)35(29(34)39)24-11-7-15-33(20-24)22(3)36/h4-6,9-10,21,24,30H,7-8,11-20H2,1-3H3,(H,31,37). The molecule has 3 heterocycles. The molecule has 1 atom stereocenters. The molecule has 0 saturated carbocycles. The van der Waals surface area contributed by atoms with Gasteiger partial charge in [-0.15, -0.1) is 0 Å². The summed E-state index contributed by atoms with van der Waals surface area (Å²) in [6.45, 7) is 9.94. The predicted molar refractivity (Wildman–Crippen MR) is 151 cm³/mol. The third kappa shape index (κ3) is 6.79. The lowest BCUT2D eigenvalue weighted by atomic mass is 10.0. The lowest BCUT2D eigenvalue weighted by Crippen LogP contribution is -2.47. The van der Waals surface area contributed by atoms with E-state index in [-0.39, 0.29) is 35.4 Å². The number of benzene rings is 1. The van der Waals surface area contributed by atoms with Gasteiger partial charge in [0.1, 0.15) is 5.69 Å². The molecule has 2 aliphatic rings. The highest BCUT2D eigenvalue weighted by Crippen LogP contribution is 2.31. The maximum Gasteiger partial charge on any atom is 0.329 e. The third-order valence-electron chi connectivity index (χ3n) is 7.51. The molecule has 0 spiro atoms. The molecule has 1 aromatic carbocycles. The quantitative estimate of drug-likeness (QED) is 0.476. The van der Waals surface area contributed by atoms with Gasteiger partial charge in [0.2, 0.25) is 11.8 Å². The van der Waals surface area contributed by atoms with Gasteiger partial charge in [0.15, 0.2) is 0 Å². The Balaban J connectivity index is 1.76. The van der Waals surface area contributed by atoms with Crippen molar-refractivity contribution >= 4 is 17.7 Å². The van der Waals surface area contributed by atoms with Gasteiger partial charge in [0.05, 0.1) is 11.7 Å². The number of hydrogen-bond donors (Lipinski definition) is 2. The van der Waals surface area contributed by atoms with Crippen LogP contribution in [-0.2, 0) is 16.1 Å². The number of aromatic nitrogens is 2. The van der Waals surface area contributed by atoms with Crippen LogP contribution in [0.1, 0.15) is 63.0 Å². The van der Waals surface area contributed by atoms with E-state index in [9.17, 15) is 19.2 Å². The van der Waals surface area contributed by atoms with Crippen LogP contribution in [0, 0.1) is 5.92 Å². The minimum Gasteiger partial charge on any atom is -0.356 e. The number of nitrogens with zero attached hydrogens (tertiary/aromatic N) is 4. The molecule has 2 fully saturated rings. The molecule has 2 aliphatic heterocycles. The van der Waals surface area contributed by atoms with Crippen molar-refractivity contribution in [3.63, 3.8) is 0 Å². The number of amides is 3. The number of carbonyl (C=O) groups is 3. The minimum atomic E-state index is -0.240. The Bertz CT molecular complexity index is 1210. The second kappa shape index (κ2) is 13.1. The summed E-state index contributed by atoms with van der Waals surface area (Å²) >= 11 is 0. The van der Waals surface area contributed by atoms with Crippen LogP contribution < -0.4 is 16.3 Å². The summed E-state index contributed by atoms with van der Waals surface area (Å²) < 4.78 is 3.37. The van der Waals surface area contributed by atoms with E-state index in [1.807, 2.05) is 49.1 Å². The Kier molecular flexibility index (Phi) is 9.61. The second-order valence-electron chi connectivity index (χ2n) is 11.0. The van der Waals surface area contributed by atoms with Crippen LogP contribution in [0.15, 0.2) is 35.1 Å². The first kappa shape index (κ1) is 28.6. The number of nitrogens with one attached hydrogen (secondary N) is 2. The number of piperazine rings is 1. The van der Waals surface area contributed by atoms with Crippen molar-refractivity contribution < 1.29 is 14.4 Å². The Morgan fingerprint density at radius 3 is 2.44 bits per heavy atom. The number of carbonyl (C=O) groups excluding carboxylic acids is 3. The van der Waals surface area contributed by atoms with E-state index in [1.54, 1.807) is 21.0 Å². The number of likely N-dealkylation sites (tertiary alicyclic amines) is 1. The van der Waals surface area contributed by atoms with Crippen molar-refractivity contribution in [3.8, 4) is 11.3 Å². The largest absolute Gasteiger partial charge is 0.356 e. The van der Waals surface area contributed by atoms with Crippen molar-refractivity contribution in [2.24, 2.45) is 5.92 Å². The molecule has 0 aliphatic carbocycles. The first-order valence-electron chi connectivity index (χ1n) is 14.2. The van der Waals surface area contributed by atoms with Gasteiger partial charge in [-0.05, 0) is 25.2 Å². The average molecular weight is 539 g/mol. The summed E-state index contributed by atoms with van der Waals surface area (Å²) in [5.74, 6) is 0.0870. The highest BCUT2D eigenvalue weighted by atomic mass is 16.2. The lowest BCUT2D eigenvalue weighted by Gasteiger charge is -2.33. The van der Waals surface area contributed by atoms with E-state index in [1.165, 1.54) is 0 Å². The molecule has 1 unspecified atom stereocenters. The number of piperidine rings is 1. The molecule has 2 aromatic rings. The van der Waals surface area contributed by atoms with Crippen molar-refractivity contribution in [1.82, 2.24) is 29.6 Å². The van der Waals surface area contributed by atoms with E-state index in [4.69, 9.17) is 0 Å². The van der Waals surface area contributed by atoms with Crippen LogP contribution in [0.5, 0.6) is 0 Å². The van der Waals surface area contributed by atoms with Gasteiger partial charge >= 0.3 is 5.69 Å². The fraction of sp³-hybridized carbons (Fsp3) is 0.586. The van der Waals surface area contributed by atoms with Gasteiger partial charge in [0.25, 0.3) is 5.91 Å². The highest BCUT2D eigenvalue weighted by molar-refractivity contribution is 5.99. The predicted octanol–water partition coefficient (Wildman–Crippen LogP) is 2.10. The molecule has 39 heavy (non-hydrogen) atoms. The van der Waals surface area contributed by atoms with E-state index >= 15 is 0 Å². The number of rotatable bonds is 9. The smallest absolute Gasteiger partial charge is 0.329 e. The van der Waals surface area contributed by atoms with Gasteiger partial charge in [0, 0.05) is 71.3 Å². The zero-order chi connectivity index (χ0) is 27.9. The van der Waals surface area contributed by atoms with Crippen LogP contribution >= 0.6 is 0 Å². The summed E-state index contributed by atoms with van der Waals surface area (Å²) in [6.07, 6.45) is 2.52. The number of hydrogen-bond acceptors (Lipinski definition) is 5. The van der Waals surface area contributed by atoms with Crippen molar-refractivity contribution in [3.05, 3.63) is 46.5 Å². The molecule has 10 nitrogen and oxygen atoms in total. The van der Waals surface area contributed by atoms with Crippen LogP contribution in [-0.4, -0.2) is 82.5 Å². The van der Waals surface area contributed by atoms with Crippen LogP contribution in [0.3, 0.4) is 0 Å². The highest BCUT2D eigenvalue weighted by Gasteiger charge is 2.34. The minimum absolute atomic E-state index is 0.0106. The van der Waals surface area contributed by atoms with Crippen LogP contribution in [0.25, 0.3) is 11.3 Å². The SMILES string of the molecule is CC(=O)N1CCCC(n2c(-c3ccccc3)c(C(=O)N3CCNCC3)n(CCCNC(=O)CC(C)C)c2=O)C1. The molecular formula is C29H42N6O4. The maximum absolute atomic E-state index is 14.2. The van der Waals surface area contributed by atoms with Gasteiger partial charge < -0.3 is 20.4 Å². The Morgan fingerprint density at radius 2 is 1.77 bits per heavy atom. The monoisotopic (exact) mass is 538 g/mol. The molecule has 2 saturated heterocycles. The molecule has 0 radical (unpaired) electrons. The normalized spacial score (nSPS) is 17.9. The van der Waals surface area contributed by atoms with E-state index in [0.29, 0.717) is 76.6 Å². The van der Waals surface area contributed by atoms with Gasteiger partial charge in [-0.25, -0.2) is 4.79 Å². The molecule has 4 rings (SSSR count). The lowest BCUT2D eigenvalue weighted by molar-refractivity contribution is -0.130. The summed E-state index contributed by atoms with van der Waals surface area (Å²) in [7, 11) is 0. The van der Waals surface area contributed by atoms with Crippen LogP contribution in [0.2, 0.25) is 0 Å². The first-order chi connectivity index (χ1) is 18.8. The van der Waals surface area contributed by atoms with E-state index in [0.717, 1.165) is 18.4 Å². The maximum atomic E-state index is 14.2. The zero-order valence-corrected chi connectivity index (χ0v) is 23.4. The first-order valence-corrected chi connectivity index (χ1v) is 14.2. The van der Waals surface area contributed by atoms with Gasteiger partial charge in [-0.3, -0.25) is 23.5 Å². The zero-order valence-electron chi connectivity index (χ0n) is 23.4. The average Bonchev–Trinajstić information content (AvgIpc) is 3.23. The van der Waals surface area contributed by atoms with Crippen LogP contribution in [0.4, 0.5) is 0 Å². The molecule has 1 aromatic heterocycles. The molecule has 10 heteroatoms. The fourth-order valence-corrected chi connectivity index (χ4v) is 5.58. The van der Waals surface area contributed by atoms with Crippen molar-refractivity contribution in [2.75, 3.05) is 45.8 Å². The summed E-state index contributed by atoms with van der Waals surface area (Å²) in [5, 5.41) is 6.23. The topological polar surface area (TPSA) is 109 Å². The van der Waals surface area contributed by atoms with Gasteiger partial charge in [-0.2, -0.15) is 0 Å². The van der Waals surface area contributed by atoms with Crippen molar-refractivity contribution in [1.29, 1.82) is 0 Å². The molecule has 0 bridgehead atoms. The number of imidazole rings is 1. The molecule has 3 amide bonds. The third-order valence-corrected chi connectivity index (χ3v) is 7.51. The fourth-order valence-electron chi connectivity index (χ4n) is 5.58. The second-order valence-corrected chi connectivity index (χ2v) is 11.0. The van der Waals surface area contributed by atoms with Gasteiger partial charge in [-0.1, -0.05) is 44.2 Å². The van der Waals surface area contributed by atoms with Crippen molar-refractivity contribution in [2.45, 2.75) is 59.0 Å². The van der Waals surface area contributed by atoms with E-state index < -0.39 is 0 Å². The summed E-state index contributed by atoms with van der Waals surface area (Å²) in [5.41, 5.74) is 1.57. The Morgan fingerprint density at radius 1 is 1.05 bits per heavy atom. The summed E-state index contributed by atoms with van der Waals surface area (Å²) in [6, 6.07) is 9.37. The summed E-state index contributed by atoms with van der Waals surface area (Å²) in [4.78, 5) is 56.3. The van der Waals surface area contributed by atoms with E-state index in [2.05, 4.69) is 10.6 Å². The molecular weight excluding hydrogens is 496 g/mol. The Labute approximate surface area is 230 Å². The molecule has 2 N–H and O–H groups in total.